The summed E-state index contributed by atoms with van der Waals surface area (Å²) in [5.41, 5.74) is 5.40. The third kappa shape index (κ3) is 2.94. The van der Waals surface area contributed by atoms with Crippen LogP contribution in [-0.2, 0) is 0 Å². The lowest BCUT2D eigenvalue weighted by Gasteiger charge is -2.14. The van der Waals surface area contributed by atoms with Crippen LogP contribution in [-0.4, -0.2) is 5.71 Å². The summed E-state index contributed by atoms with van der Waals surface area (Å²) in [6.07, 6.45) is 7.65. The highest BCUT2D eigenvalue weighted by atomic mass is 14.7. The Kier molecular flexibility index (Phi) is 4.72. The third-order valence-corrected chi connectivity index (χ3v) is 3.22. The summed E-state index contributed by atoms with van der Waals surface area (Å²) < 4.78 is 0. The van der Waals surface area contributed by atoms with Crippen LogP contribution in [0.15, 0.2) is 40.6 Å². The summed E-state index contributed by atoms with van der Waals surface area (Å²) >= 11 is 0. The molecule has 0 saturated heterocycles. The van der Waals surface area contributed by atoms with Gasteiger partial charge in [0.1, 0.15) is 0 Å². The van der Waals surface area contributed by atoms with Gasteiger partial charge in [0, 0.05) is 11.9 Å². The summed E-state index contributed by atoms with van der Waals surface area (Å²) in [6.45, 7) is 12.3. The molecule has 0 aromatic rings. The van der Waals surface area contributed by atoms with E-state index < -0.39 is 0 Å². The van der Waals surface area contributed by atoms with Crippen LogP contribution < -0.4 is 0 Å². The molecule has 0 aromatic heterocycles. The minimum atomic E-state index is 0.775. The van der Waals surface area contributed by atoms with Gasteiger partial charge >= 0.3 is 0 Å². The second-order valence-corrected chi connectivity index (χ2v) is 4.42. The van der Waals surface area contributed by atoms with E-state index in [-0.39, 0.29) is 0 Å². The molecule has 0 atom stereocenters. The van der Waals surface area contributed by atoms with Crippen molar-refractivity contribution < 1.29 is 0 Å². The van der Waals surface area contributed by atoms with Crippen molar-refractivity contribution in [1.29, 1.82) is 0 Å². The molecule has 0 amide bonds. The summed E-state index contributed by atoms with van der Waals surface area (Å²) in [5.74, 6) is 0.775. The van der Waals surface area contributed by atoms with Crippen molar-refractivity contribution in [2.24, 2.45) is 10.9 Å². The minimum Gasteiger partial charge on any atom is -0.262 e. The molecule has 1 aliphatic rings. The Morgan fingerprint density at radius 1 is 1.38 bits per heavy atom. The Morgan fingerprint density at radius 3 is 2.38 bits per heavy atom. The van der Waals surface area contributed by atoms with Crippen molar-refractivity contribution in [3.8, 4) is 0 Å². The lowest BCUT2D eigenvalue weighted by molar-refractivity contribution is 0.994. The van der Waals surface area contributed by atoms with Crippen LogP contribution in [0.5, 0.6) is 0 Å². The zero-order valence-electron chi connectivity index (χ0n) is 11.0. The van der Waals surface area contributed by atoms with E-state index in [2.05, 4.69) is 45.3 Å². The van der Waals surface area contributed by atoms with Crippen LogP contribution in [0.4, 0.5) is 0 Å². The van der Waals surface area contributed by atoms with Crippen LogP contribution in [0, 0.1) is 5.92 Å². The maximum Gasteiger partial charge on any atom is 0.0446 e. The van der Waals surface area contributed by atoms with E-state index in [1.54, 1.807) is 6.20 Å². The first-order chi connectivity index (χ1) is 7.65. The number of aliphatic imine (C=N–C) groups is 1. The summed E-state index contributed by atoms with van der Waals surface area (Å²) in [6, 6.07) is 0. The predicted octanol–water partition coefficient (Wildman–Crippen LogP) is 4.67. The number of rotatable bonds is 5. The van der Waals surface area contributed by atoms with E-state index in [4.69, 9.17) is 0 Å². The molecule has 88 valence electrons. The molecule has 1 saturated carbocycles. The molecule has 1 heteroatoms. The first-order valence-corrected chi connectivity index (χ1v) is 6.17. The number of hydrogen-bond donors (Lipinski definition) is 0. The molecule has 1 aliphatic carbocycles. The molecule has 0 unspecified atom stereocenters. The van der Waals surface area contributed by atoms with Gasteiger partial charge < -0.3 is 0 Å². The van der Waals surface area contributed by atoms with E-state index in [9.17, 15) is 0 Å². The SMILES string of the molecule is C=CN=C(C)C(/C(=C\C)C1CC1)=C(\C)CC. The number of hydrogen-bond acceptors (Lipinski definition) is 1. The highest BCUT2D eigenvalue weighted by Gasteiger charge is 2.28. The Hall–Kier alpha value is -1.11. The fourth-order valence-electron chi connectivity index (χ4n) is 2.12. The zero-order chi connectivity index (χ0) is 12.1. The fourth-order valence-corrected chi connectivity index (χ4v) is 2.12. The van der Waals surface area contributed by atoms with Gasteiger partial charge in [-0.2, -0.15) is 0 Å². The molecule has 0 radical (unpaired) electrons. The van der Waals surface area contributed by atoms with E-state index >= 15 is 0 Å². The number of nitrogens with zero attached hydrogens (tertiary/aromatic N) is 1. The second-order valence-electron chi connectivity index (χ2n) is 4.42. The quantitative estimate of drug-likeness (QED) is 0.468. The van der Waals surface area contributed by atoms with Crippen molar-refractivity contribution in [3.05, 3.63) is 35.6 Å². The summed E-state index contributed by atoms with van der Waals surface area (Å²) in [7, 11) is 0. The molecule has 0 spiro atoms. The largest absolute Gasteiger partial charge is 0.262 e. The van der Waals surface area contributed by atoms with Crippen molar-refractivity contribution in [3.63, 3.8) is 0 Å². The van der Waals surface area contributed by atoms with Gasteiger partial charge in [0.05, 0.1) is 0 Å². The van der Waals surface area contributed by atoms with E-state index in [1.807, 2.05) is 0 Å². The standard InChI is InChI=1S/C15H23N/c1-6-11(4)15(12(5)16-8-3)14(7-2)13-9-10-13/h7-8,13H,3,6,9-10H2,1-2,4-5H3/b14-7-,15-11-,16-12?. The predicted molar refractivity (Wildman–Crippen MR) is 72.8 cm³/mol. The molecule has 1 fully saturated rings. The van der Waals surface area contributed by atoms with Crippen LogP contribution in [0.1, 0.15) is 47.0 Å². The van der Waals surface area contributed by atoms with E-state index in [0.29, 0.717) is 0 Å². The Balaban J connectivity index is 3.14. The topological polar surface area (TPSA) is 12.4 Å². The maximum atomic E-state index is 4.35. The van der Waals surface area contributed by atoms with Gasteiger partial charge in [0.25, 0.3) is 0 Å². The smallest absolute Gasteiger partial charge is 0.0446 e. The van der Waals surface area contributed by atoms with Crippen LogP contribution in [0.2, 0.25) is 0 Å². The lowest BCUT2D eigenvalue weighted by Crippen LogP contribution is -2.05. The Bertz CT molecular complexity index is 352. The van der Waals surface area contributed by atoms with Crippen LogP contribution in [0.3, 0.4) is 0 Å². The van der Waals surface area contributed by atoms with Gasteiger partial charge in [-0.05, 0) is 57.1 Å². The van der Waals surface area contributed by atoms with Gasteiger partial charge in [-0.1, -0.05) is 25.2 Å². The van der Waals surface area contributed by atoms with E-state index in [1.165, 1.54) is 29.6 Å². The van der Waals surface area contributed by atoms with Crippen LogP contribution in [0.25, 0.3) is 0 Å². The Morgan fingerprint density at radius 2 is 2.00 bits per heavy atom. The van der Waals surface area contributed by atoms with E-state index in [0.717, 1.165) is 18.1 Å². The molecule has 0 bridgehead atoms. The summed E-state index contributed by atoms with van der Waals surface area (Å²) in [4.78, 5) is 4.35. The number of allylic oxidation sites excluding steroid dienone is 4. The molecule has 0 N–H and O–H groups in total. The first-order valence-electron chi connectivity index (χ1n) is 6.17. The third-order valence-electron chi connectivity index (χ3n) is 3.22. The second kappa shape index (κ2) is 5.83. The first kappa shape index (κ1) is 13.0. The molecule has 1 rings (SSSR count). The highest BCUT2D eigenvalue weighted by Crippen LogP contribution is 2.41. The van der Waals surface area contributed by atoms with Gasteiger partial charge in [0.15, 0.2) is 0 Å². The minimum absolute atomic E-state index is 0.775. The average Bonchev–Trinajstić information content (AvgIpc) is 3.08. The summed E-state index contributed by atoms with van der Waals surface area (Å²) in [5, 5.41) is 0. The van der Waals surface area contributed by atoms with Crippen molar-refractivity contribution in [2.45, 2.75) is 47.0 Å². The van der Waals surface area contributed by atoms with Gasteiger partial charge in [-0.3, -0.25) is 4.99 Å². The van der Waals surface area contributed by atoms with Gasteiger partial charge in [0.2, 0.25) is 0 Å². The molecule has 0 aliphatic heterocycles. The van der Waals surface area contributed by atoms with Crippen molar-refractivity contribution in [1.82, 2.24) is 0 Å². The van der Waals surface area contributed by atoms with Crippen molar-refractivity contribution >= 4 is 5.71 Å². The zero-order valence-corrected chi connectivity index (χ0v) is 11.0. The van der Waals surface area contributed by atoms with Crippen molar-refractivity contribution in [2.75, 3.05) is 0 Å². The molecule has 0 heterocycles. The highest BCUT2D eigenvalue weighted by molar-refractivity contribution is 6.03. The van der Waals surface area contributed by atoms with Gasteiger partial charge in [-0.15, -0.1) is 0 Å². The molecular weight excluding hydrogens is 194 g/mol. The maximum absolute atomic E-state index is 4.35. The normalized spacial score (nSPS) is 19.5. The Labute approximate surface area is 99.7 Å². The monoisotopic (exact) mass is 217 g/mol. The van der Waals surface area contributed by atoms with Crippen LogP contribution >= 0.6 is 0 Å². The fraction of sp³-hybridized carbons (Fsp3) is 0.533. The molecular formula is C15H23N. The average molecular weight is 217 g/mol. The lowest BCUT2D eigenvalue weighted by atomic mass is 9.92. The molecule has 1 nitrogen and oxygen atoms in total. The van der Waals surface area contributed by atoms with Gasteiger partial charge in [-0.25, -0.2) is 0 Å². The molecule has 16 heavy (non-hydrogen) atoms. The molecule has 0 aromatic carbocycles.